The SMILES string of the molecule is COc1ccc(CNC(=O)CN(c2ccccc2)S(=O)(=O)c2ccc(Cl)cc2)cc1OC. The molecule has 0 aliphatic heterocycles. The van der Waals surface area contributed by atoms with Crippen LogP contribution in [0.2, 0.25) is 5.02 Å². The van der Waals surface area contributed by atoms with Gasteiger partial charge in [0.15, 0.2) is 11.5 Å². The predicted molar refractivity (Wildman–Crippen MR) is 124 cm³/mol. The molecular formula is C23H23ClN2O5S. The highest BCUT2D eigenvalue weighted by molar-refractivity contribution is 7.92. The normalized spacial score (nSPS) is 11.0. The van der Waals surface area contributed by atoms with Gasteiger partial charge in [-0.05, 0) is 54.1 Å². The molecule has 0 bridgehead atoms. The molecule has 3 rings (SSSR count). The Morgan fingerprint density at radius 3 is 2.22 bits per heavy atom. The number of para-hydroxylation sites is 1. The molecule has 1 N–H and O–H groups in total. The number of carbonyl (C=O) groups excluding carboxylic acids is 1. The van der Waals surface area contributed by atoms with Crippen LogP contribution in [0.25, 0.3) is 0 Å². The van der Waals surface area contributed by atoms with Crippen LogP contribution in [0.15, 0.2) is 77.7 Å². The number of methoxy groups -OCH3 is 2. The van der Waals surface area contributed by atoms with Gasteiger partial charge in [0.05, 0.1) is 24.8 Å². The second kappa shape index (κ2) is 10.4. The third-order valence-electron chi connectivity index (χ3n) is 4.67. The number of hydrogen-bond donors (Lipinski definition) is 1. The molecule has 32 heavy (non-hydrogen) atoms. The van der Waals surface area contributed by atoms with E-state index in [1.54, 1.807) is 55.6 Å². The average molecular weight is 475 g/mol. The number of carbonyl (C=O) groups is 1. The molecule has 0 atom stereocenters. The van der Waals surface area contributed by atoms with Crippen molar-refractivity contribution >= 4 is 33.2 Å². The molecule has 0 aromatic heterocycles. The maximum Gasteiger partial charge on any atom is 0.264 e. The number of anilines is 1. The summed E-state index contributed by atoms with van der Waals surface area (Å²) in [5, 5.41) is 3.18. The van der Waals surface area contributed by atoms with Crippen LogP contribution < -0.4 is 19.1 Å². The van der Waals surface area contributed by atoms with Crippen molar-refractivity contribution in [3.8, 4) is 11.5 Å². The van der Waals surface area contributed by atoms with Crippen molar-refractivity contribution in [2.24, 2.45) is 0 Å². The molecule has 0 spiro atoms. The first-order chi connectivity index (χ1) is 15.3. The van der Waals surface area contributed by atoms with E-state index in [4.69, 9.17) is 21.1 Å². The van der Waals surface area contributed by atoms with Crippen LogP contribution in [0.1, 0.15) is 5.56 Å². The Morgan fingerprint density at radius 2 is 1.59 bits per heavy atom. The second-order valence-corrected chi connectivity index (χ2v) is 9.07. The van der Waals surface area contributed by atoms with Gasteiger partial charge >= 0.3 is 0 Å². The lowest BCUT2D eigenvalue weighted by Gasteiger charge is -2.24. The van der Waals surface area contributed by atoms with E-state index in [1.807, 2.05) is 0 Å². The smallest absolute Gasteiger partial charge is 0.264 e. The highest BCUT2D eigenvalue weighted by atomic mass is 35.5. The lowest BCUT2D eigenvalue weighted by molar-refractivity contribution is -0.119. The first kappa shape index (κ1) is 23.4. The van der Waals surface area contributed by atoms with Gasteiger partial charge in [0, 0.05) is 11.6 Å². The average Bonchev–Trinajstić information content (AvgIpc) is 2.81. The summed E-state index contributed by atoms with van der Waals surface area (Å²) in [5.74, 6) is 0.656. The summed E-state index contributed by atoms with van der Waals surface area (Å²) < 4.78 is 38.1. The number of rotatable bonds is 9. The summed E-state index contributed by atoms with van der Waals surface area (Å²) in [4.78, 5) is 12.8. The van der Waals surface area contributed by atoms with E-state index in [0.717, 1.165) is 9.87 Å². The summed E-state index contributed by atoms with van der Waals surface area (Å²) in [5.41, 5.74) is 1.16. The zero-order chi connectivity index (χ0) is 23.1. The van der Waals surface area contributed by atoms with Crippen LogP contribution in [-0.2, 0) is 21.4 Å². The van der Waals surface area contributed by atoms with E-state index >= 15 is 0 Å². The fourth-order valence-corrected chi connectivity index (χ4v) is 4.57. The summed E-state index contributed by atoms with van der Waals surface area (Å²) in [6.45, 7) is -0.189. The highest BCUT2D eigenvalue weighted by Gasteiger charge is 2.27. The molecule has 0 saturated heterocycles. The van der Waals surface area contributed by atoms with Crippen molar-refractivity contribution in [2.75, 3.05) is 25.1 Å². The van der Waals surface area contributed by atoms with Crippen LogP contribution in [0.5, 0.6) is 11.5 Å². The number of sulfonamides is 1. The van der Waals surface area contributed by atoms with Gasteiger partial charge in [-0.1, -0.05) is 35.9 Å². The van der Waals surface area contributed by atoms with E-state index in [-0.39, 0.29) is 18.0 Å². The molecule has 1 amide bonds. The Bertz CT molecular complexity index is 1170. The number of ether oxygens (including phenoxy) is 2. The summed E-state index contributed by atoms with van der Waals surface area (Å²) in [7, 11) is -0.924. The molecule has 0 fully saturated rings. The van der Waals surface area contributed by atoms with Gasteiger partial charge in [0.25, 0.3) is 10.0 Å². The van der Waals surface area contributed by atoms with E-state index in [1.165, 1.54) is 31.4 Å². The van der Waals surface area contributed by atoms with E-state index in [0.29, 0.717) is 22.2 Å². The molecule has 0 unspecified atom stereocenters. The van der Waals surface area contributed by atoms with Gasteiger partial charge in [-0.15, -0.1) is 0 Å². The Balaban J connectivity index is 1.80. The summed E-state index contributed by atoms with van der Waals surface area (Å²) in [6, 6.07) is 19.6. The minimum atomic E-state index is -3.99. The van der Waals surface area contributed by atoms with Gasteiger partial charge in [0.1, 0.15) is 6.54 Å². The molecule has 3 aromatic rings. The zero-order valence-electron chi connectivity index (χ0n) is 17.6. The van der Waals surface area contributed by atoms with Crippen molar-refractivity contribution in [3.63, 3.8) is 0 Å². The highest BCUT2D eigenvalue weighted by Crippen LogP contribution is 2.28. The standard InChI is InChI=1S/C23H23ClN2O5S/c1-30-21-13-8-17(14-22(21)31-2)15-25-23(27)16-26(19-6-4-3-5-7-19)32(28,29)20-11-9-18(24)10-12-20/h3-14H,15-16H2,1-2H3,(H,25,27). The Hall–Kier alpha value is -3.23. The number of hydrogen-bond acceptors (Lipinski definition) is 5. The Morgan fingerprint density at radius 1 is 0.938 bits per heavy atom. The fourth-order valence-electron chi connectivity index (χ4n) is 3.02. The van der Waals surface area contributed by atoms with Gasteiger partial charge in [-0.3, -0.25) is 9.10 Å². The van der Waals surface area contributed by atoms with Crippen LogP contribution in [0, 0.1) is 0 Å². The van der Waals surface area contributed by atoms with Gasteiger partial charge in [-0.2, -0.15) is 0 Å². The predicted octanol–water partition coefficient (Wildman–Crippen LogP) is 3.87. The first-order valence-electron chi connectivity index (χ1n) is 9.66. The molecule has 0 radical (unpaired) electrons. The van der Waals surface area contributed by atoms with Gasteiger partial charge < -0.3 is 14.8 Å². The summed E-state index contributed by atoms with van der Waals surface area (Å²) in [6.07, 6.45) is 0. The molecule has 0 aliphatic rings. The Kier molecular flexibility index (Phi) is 7.61. The molecule has 9 heteroatoms. The first-order valence-corrected chi connectivity index (χ1v) is 11.5. The molecule has 0 heterocycles. The minimum absolute atomic E-state index is 0.0402. The van der Waals surface area contributed by atoms with Crippen LogP contribution in [-0.4, -0.2) is 35.1 Å². The zero-order valence-corrected chi connectivity index (χ0v) is 19.2. The number of nitrogens with zero attached hydrogens (tertiary/aromatic N) is 1. The molecule has 7 nitrogen and oxygen atoms in total. The fraction of sp³-hybridized carbons (Fsp3) is 0.174. The van der Waals surface area contributed by atoms with Gasteiger partial charge in [0.2, 0.25) is 5.91 Å². The minimum Gasteiger partial charge on any atom is -0.493 e. The molecular weight excluding hydrogens is 452 g/mol. The maximum atomic E-state index is 13.3. The molecule has 0 aliphatic carbocycles. The summed E-state index contributed by atoms with van der Waals surface area (Å²) >= 11 is 5.89. The van der Waals surface area contributed by atoms with E-state index in [9.17, 15) is 13.2 Å². The second-order valence-electron chi connectivity index (χ2n) is 6.77. The molecule has 3 aromatic carbocycles. The van der Waals surface area contributed by atoms with Crippen LogP contribution in [0.4, 0.5) is 5.69 Å². The topological polar surface area (TPSA) is 84.9 Å². The number of nitrogens with one attached hydrogen (secondary N) is 1. The van der Waals surface area contributed by atoms with E-state index < -0.39 is 15.9 Å². The number of benzene rings is 3. The number of amides is 1. The number of halogens is 1. The third kappa shape index (κ3) is 5.52. The monoisotopic (exact) mass is 474 g/mol. The van der Waals surface area contributed by atoms with E-state index in [2.05, 4.69) is 5.32 Å². The third-order valence-corrected chi connectivity index (χ3v) is 6.71. The van der Waals surface area contributed by atoms with Crippen molar-refractivity contribution in [2.45, 2.75) is 11.4 Å². The quantitative estimate of drug-likeness (QED) is 0.509. The molecule has 0 saturated carbocycles. The Labute approximate surface area is 192 Å². The lowest BCUT2D eigenvalue weighted by Crippen LogP contribution is -2.40. The van der Waals surface area contributed by atoms with Crippen LogP contribution >= 0.6 is 11.6 Å². The maximum absolute atomic E-state index is 13.3. The van der Waals surface area contributed by atoms with Crippen molar-refractivity contribution < 1.29 is 22.7 Å². The van der Waals surface area contributed by atoms with Crippen molar-refractivity contribution in [3.05, 3.63) is 83.4 Å². The molecule has 168 valence electrons. The largest absolute Gasteiger partial charge is 0.493 e. The van der Waals surface area contributed by atoms with Crippen molar-refractivity contribution in [1.82, 2.24) is 5.32 Å². The van der Waals surface area contributed by atoms with Crippen molar-refractivity contribution in [1.29, 1.82) is 0 Å². The lowest BCUT2D eigenvalue weighted by atomic mass is 10.2. The van der Waals surface area contributed by atoms with Crippen LogP contribution in [0.3, 0.4) is 0 Å². The van der Waals surface area contributed by atoms with Gasteiger partial charge in [-0.25, -0.2) is 8.42 Å².